The van der Waals surface area contributed by atoms with Crippen LogP contribution in [0.15, 0.2) is 45.8 Å². The van der Waals surface area contributed by atoms with Crippen LogP contribution in [0.3, 0.4) is 0 Å². The smallest absolute Gasteiger partial charge is 0.358 e. The molecule has 15 heteroatoms. The molecule has 0 saturated carbocycles. The number of nitro benzene ring substituents is 2. The van der Waals surface area contributed by atoms with E-state index in [0.717, 1.165) is 9.21 Å². The number of nitro groups is 2. The van der Waals surface area contributed by atoms with Gasteiger partial charge in [0.05, 0.1) is 20.3 Å². The van der Waals surface area contributed by atoms with E-state index in [-0.39, 0.29) is 43.2 Å². The van der Waals surface area contributed by atoms with Gasteiger partial charge in [-0.25, -0.2) is 8.42 Å². The molecular formula is C17H14BrF3N4O6S. The number of hydrogen-bond acceptors (Lipinski definition) is 7. The van der Waals surface area contributed by atoms with Crippen molar-refractivity contribution in [2.45, 2.75) is 11.1 Å². The Morgan fingerprint density at radius 2 is 1.38 bits per heavy atom. The van der Waals surface area contributed by atoms with Crippen molar-refractivity contribution in [1.82, 2.24) is 4.31 Å². The highest BCUT2D eigenvalue weighted by molar-refractivity contribution is 9.10. The van der Waals surface area contributed by atoms with E-state index in [1.807, 2.05) is 0 Å². The minimum absolute atomic E-state index is 0.0145. The first-order valence-corrected chi connectivity index (χ1v) is 11.1. The summed E-state index contributed by atoms with van der Waals surface area (Å²) in [6.45, 7) is -0.729. The van der Waals surface area contributed by atoms with Crippen molar-refractivity contribution >= 4 is 43.0 Å². The number of nitrogens with zero attached hydrogens (tertiary/aromatic N) is 4. The van der Waals surface area contributed by atoms with Gasteiger partial charge in [-0.15, -0.1) is 0 Å². The zero-order valence-corrected chi connectivity index (χ0v) is 18.4. The van der Waals surface area contributed by atoms with Crippen LogP contribution in [0.1, 0.15) is 5.56 Å². The molecule has 10 nitrogen and oxygen atoms in total. The Balaban J connectivity index is 1.94. The molecule has 1 saturated heterocycles. The van der Waals surface area contributed by atoms with Gasteiger partial charge in [0.1, 0.15) is 0 Å². The molecule has 1 heterocycles. The van der Waals surface area contributed by atoms with Gasteiger partial charge in [-0.2, -0.15) is 17.5 Å². The Morgan fingerprint density at radius 1 is 0.906 bits per heavy atom. The van der Waals surface area contributed by atoms with Crippen molar-refractivity contribution in [2.24, 2.45) is 0 Å². The van der Waals surface area contributed by atoms with E-state index in [1.165, 1.54) is 24.3 Å². The second-order valence-corrected chi connectivity index (χ2v) is 9.57. The average Bonchev–Trinajstić information content (AvgIpc) is 2.72. The molecule has 0 unspecified atom stereocenters. The fraction of sp³-hybridized carbons (Fsp3) is 0.294. The first-order chi connectivity index (χ1) is 14.8. The van der Waals surface area contributed by atoms with E-state index in [9.17, 15) is 41.8 Å². The highest BCUT2D eigenvalue weighted by Gasteiger charge is 2.40. The summed E-state index contributed by atoms with van der Waals surface area (Å²) in [7, 11) is -3.89. The number of piperazine rings is 1. The molecule has 0 aliphatic carbocycles. The zero-order chi connectivity index (χ0) is 23.8. The van der Waals surface area contributed by atoms with E-state index < -0.39 is 48.7 Å². The van der Waals surface area contributed by atoms with E-state index in [1.54, 1.807) is 0 Å². The van der Waals surface area contributed by atoms with Gasteiger partial charge < -0.3 is 4.90 Å². The van der Waals surface area contributed by atoms with E-state index in [2.05, 4.69) is 15.9 Å². The molecule has 0 N–H and O–H groups in total. The molecule has 1 aliphatic rings. The van der Waals surface area contributed by atoms with Crippen LogP contribution >= 0.6 is 15.9 Å². The summed E-state index contributed by atoms with van der Waals surface area (Å²) in [5.41, 5.74) is -4.25. The molecule has 172 valence electrons. The predicted octanol–water partition coefficient (Wildman–Crippen LogP) is 3.80. The molecule has 3 rings (SSSR count). The topological polar surface area (TPSA) is 127 Å². The third kappa shape index (κ3) is 4.68. The molecule has 0 aromatic heterocycles. The van der Waals surface area contributed by atoms with Crippen LogP contribution in [0, 0.1) is 20.2 Å². The van der Waals surface area contributed by atoms with Crippen LogP contribution in [-0.4, -0.2) is 48.7 Å². The van der Waals surface area contributed by atoms with Crippen LogP contribution in [0.4, 0.5) is 30.2 Å². The van der Waals surface area contributed by atoms with Gasteiger partial charge in [0.25, 0.3) is 11.4 Å². The van der Waals surface area contributed by atoms with Gasteiger partial charge in [0, 0.05) is 42.8 Å². The van der Waals surface area contributed by atoms with Crippen molar-refractivity contribution in [2.75, 3.05) is 31.1 Å². The van der Waals surface area contributed by atoms with Gasteiger partial charge in [-0.3, -0.25) is 20.2 Å². The summed E-state index contributed by atoms with van der Waals surface area (Å²) in [4.78, 5) is 21.8. The lowest BCUT2D eigenvalue weighted by atomic mass is 10.1. The van der Waals surface area contributed by atoms with Gasteiger partial charge >= 0.3 is 6.18 Å². The lowest BCUT2D eigenvalue weighted by molar-refractivity contribution is -0.393. The average molecular weight is 539 g/mol. The van der Waals surface area contributed by atoms with Crippen LogP contribution in [-0.2, 0) is 16.2 Å². The largest absolute Gasteiger partial charge is 0.416 e. The fourth-order valence-electron chi connectivity index (χ4n) is 3.28. The lowest BCUT2D eigenvalue weighted by Gasteiger charge is -2.34. The predicted molar refractivity (Wildman–Crippen MR) is 110 cm³/mol. The second-order valence-electron chi connectivity index (χ2n) is 6.72. The Morgan fingerprint density at radius 3 is 1.78 bits per heavy atom. The Labute approximate surface area is 187 Å². The Bertz CT molecular complexity index is 1130. The molecule has 0 radical (unpaired) electrons. The van der Waals surface area contributed by atoms with Gasteiger partial charge in [-0.1, -0.05) is 15.9 Å². The number of sulfonamides is 1. The van der Waals surface area contributed by atoms with Crippen molar-refractivity contribution in [3.05, 3.63) is 66.7 Å². The number of benzene rings is 2. The zero-order valence-electron chi connectivity index (χ0n) is 16.0. The number of alkyl halides is 3. The van der Waals surface area contributed by atoms with Crippen molar-refractivity contribution in [3.8, 4) is 0 Å². The summed E-state index contributed by atoms with van der Waals surface area (Å²) < 4.78 is 66.6. The maximum Gasteiger partial charge on any atom is 0.416 e. The van der Waals surface area contributed by atoms with E-state index in [0.29, 0.717) is 4.47 Å². The highest BCUT2D eigenvalue weighted by Crippen LogP contribution is 2.43. The second kappa shape index (κ2) is 8.63. The SMILES string of the molecule is O=[N+]([O-])c1cc(C(F)(F)F)cc([N+](=O)[O-])c1N1CCN(S(=O)(=O)c2ccc(Br)cc2)CC1. The molecule has 2 aromatic rings. The Hall–Kier alpha value is -2.78. The summed E-state index contributed by atoms with van der Waals surface area (Å²) in [6.07, 6.45) is -5.02. The minimum Gasteiger partial charge on any atom is -0.358 e. The van der Waals surface area contributed by atoms with Crippen LogP contribution in [0.5, 0.6) is 0 Å². The minimum atomic E-state index is -5.02. The normalized spacial score (nSPS) is 15.6. The quantitative estimate of drug-likeness (QED) is 0.418. The van der Waals surface area contributed by atoms with Crippen LogP contribution < -0.4 is 4.90 Å². The number of anilines is 1. The van der Waals surface area contributed by atoms with Crippen molar-refractivity contribution in [3.63, 3.8) is 0 Å². The molecule has 1 aliphatic heterocycles. The number of halogens is 4. The molecule has 0 atom stereocenters. The summed E-state index contributed by atoms with van der Waals surface area (Å²) >= 11 is 3.20. The van der Waals surface area contributed by atoms with Crippen molar-refractivity contribution < 1.29 is 31.4 Å². The maximum absolute atomic E-state index is 13.1. The molecular weight excluding hydrogens is 525 g/mol. The highest BCUT2D eigenvalue weighted by atomic mass is 79.9. The Kier molecular flexibility index (Phi) is 6.44. The fourth-order valence-corrected chi connectivity index (χ4v) is 4.96. The number of rotatable bonds is 5. The number of hydrogen-bond donors (Lipinski definition) is 0. The van der Waals surface area contributed by atoms with Crippen molar-refractivity contribution in [1.29, 1.82) is 0 Å². The van der Waals surface area contributed by atoms with Gasteiger partial charge in [0.15, 0.2) is 5.69 Å². The molecule has 1 fully saturated rings. The summed E-state index contributed by atoms with van der Waals surface area (Å²) in [5.74, 6) is 0. The summed E-state index contributed by atoms with van der Waals surface area (Å²) in [5, 5.41) is 22.9. The maximum atomic E-state index is 13.1. The van der Waals surface area contributed by atoms with Gasteiger partial charge in [0.2, 0.25) is 10.0 Å². The molecule has 0 amide bonds. The first kappa shape index (κ1) is 23.9. The van der Waals surface area contributed by atoms with Crippen LogP contribution in [0.2, 0.25) is 0 Å². The van der Waals surface area contributed by atoms with E-state index >= 15 is 0 Å². The molecule has 32 heavy (non-hydrogen) atoms. The van der Waals surface area contributed by atoms with E-state index in [4.69, 9.17) is 0 Å². The third-order valence-corrected chi connectivity index (χ3v) is 7.24. The molecule has 0 bridgehead atoms. The van der Waals surface area contributed by atoms with Gasteiger partial charge in [-0.05, 0) is 24.3 Å². The monoisotopic (exact) mass is 538 g/mol. The van der Waals surface area contributed by atoms with Crippen LogP contribution in [0.25, 0.3) is 0 Å². The molecule has 0 spiro atoms. The molecule has 2 aromatic carbocycles. The standard InChI is InChI=1S/C17H14BrF3N4O6S/c18-12-1-3-13(4-2-12)32(30,31)23-7-5-22(6-8-23)16-14(24(26)27)9-11(17(19,20)21)10-15(16)25(28)29/h1-4,9-10H,5-8H2. The third-order valence-electron chi connectivity index (χ3n) is 4.80. The first-order valence-electron chi connectivity index (χ1n) is 8.87. The summed E-state index contributed by atoms with van der Waals surface area (Å²) in [6, 6.07) is 6.34. The lowest BCUT2D eigenvalue weighted by Crippen LogP contribution is -2.49.